The van der Waals surface area contributed by atoms with Crippen molar-refractivity contribution in [3.05, 3.63) is 33.6 Å². The number of hydrogen-bond acceptors (Lipinski definition) is 2. The summed E-state index contributed by atoms with van der Waals surface area (Å²) in [6, 6.07) is 1.91. The van der Waals surface area contributed by atoms with Crippen LogP contribution in [0, 0.1) is 11.7 Å². The van der Waals surface area contributed by atoms with Crippen molar-refractivity contribution in [2.24, 2.45) is 5.92 Å². The second-order valence-electron chi connectivity index (χ2n) is 4.76. The van der Waals surface area contributed by atoms with Crippen LogP contribution in [0.15, 0.2) is 12.1 Å². The van der Waals surface area contributed by atoms with E-state index in [2.05, 4.69) is 5.32 Å². The van der Waals surface area contributed by atoms with Crippen LogP contribution in [0.2, 0.25) is 10.0 Å². The molecule has 1 fully saturated rings. The van der Waals surface area contributed by atoms with E-state index in [0.29, 0.717) is 19.3 Å². The minimum atomic E-state index is -0.864. The topological polar surface area (TPSA) is 66.4 Å². The Morgan fingerprint density at radius 2 is 1.95 bits per heavy atom. The Bertz CT molecular complexity index is 565. The number of halogens is 3. The summed E-state index contributed by atoms with van der Waals surface area (Å²) >= 11 is 11.4. The zero-order valence-corrected chi connectivity index (χ0v) is 11.8. The van der Waals surface area contributed by atoms with Crippen molar-refractivity contribution in [1.82, 2.24) is 5.32 Å². The van der Waals surface area contributed by atoms with Gasteiger partial charge in [0.25, 0.3) is 5.91 Å². The summed E-state index contributed by atoms with van der Waals surface area (Å²) in [5, 5.41) is 11.5. The Balaban J connectivity index is 2.06. The van der Waals surface area contributed by atoms with Gasteiger partial charge in [-0.2, -0.15) is 0 Å². The molecule has 0 saturated heterocycles. The van der Waals surface area contributed by atoms with Gasteiger partial charge in [-0.05, 0) is 31.4 Å². The number of carboxylic acids is 1. The van der Waals surface area contributed by atoms with Gasteiger partial charge in [0, 0.05) is 6.04 Å². The first-order chi connectivity index (χ1) is 9.38. The molecule has 0 heterocycles. The highest BCUT2D eigenvalue weighted by Gasteiger charge is 2.31. The largest absolute Gasteiger partial charge is 0.481 e. The average Bonchev–Trinajstić information content (AvgIpc) is 2.82. The average molecular weight is 320 g/mol. The van der Waals surface area contributed by atoms with Gasteiger partial charge in [-0.1, -0.05) is 23.2 Å². The molecule has 20 heavy (non-hydrogen) atoms. The van der Waals surface area contributed by atoms with E-state index in [-0.39, 0.29) is 21.7 Å². The molecule has 0 spiro atoms. The molecule has 1 aliphatic rings. The zero-order chi connectivity index (χ0) is 14.9. The van der Waals surface area contributed by atoms with Crippen LogP contribution >= 0.6 is 23.2 Å². The van der Waals surface area contributed by atoms with E-state index in [0.717, 1.165) is 6.07 Å². The minimum Gasteiger partial charge on any atom is -0.481 e. The lowest BCUT2D eigenvalue weighted by atomic mass is 10.1. The molecule has 1 aliphatic carbocycles. The van der Waals surface area contributed by atoms with Gasteiger partial charge in [0.1, 0.15) is 5.82 Å². The first-order valence-electron chi connectivity index (χ1n) is 6.06. The summed E-state index contributed by atoms with van der Waals surface area (Å²) < 4.78 is 13.4. The van der Waals surface area contributed by atoms with Crippen LogP contribution < -0.4 is 5.32 Å². The number of rotatable bonds is 3. The van der Waals surface area contributed by atoms with E-state index in [4.69, 9.17) is 28.3 Å². The first-order valence-corrected chi connectivity index (χ1v) is 6.82. The van der Waals surface area contributed by atoms with Crippen molar-refractivity contribution in [3.8, 4) is 0 Å². The lowest BCUT2D eigenvalue weighted by molar-refractivity contribution is -0.141. The third-order valence-electron chi connectivity index (χ3n) is 3.37. The molecule has 2 atom stereocenters. The van der Waals surface area contributed by atoms with E-state index in [9.17, 15) is 14.0 Å². The van der Waals surface area contributed by atoms with Crippen LogP contribution in [0.3, 0.4) is 0 Å². The summed E-state index contributed by atoms with van der Waals surface area (Å²) in [6.07, 6.45) is 1.47. The maximum atomic E-state index is 13.4. The molecule has 1 saturated carbocycles. The Labute approximate surface area is 124 Å². The number of nitrogens with one attached hydrogen (secondary N) is 1. The Kier molecular flexibility index (Phi) is 4.50. The maximum Gasteiger partial charge on any atom is 0.306 e. The summed E-state index contributed by atoms with van der Waals surface area (Å²) in [4.78, 5) is 22.8. The van der Waals surface area contributed by atoms with Crippen LogP contribution in [-0.4, -0.2) is 23.0 Å². The maximum absolute atomic E-state index is 13.4. The molecule has 2 rings (SSSR count). The summed E-state index contributed by atoms with van der Waals surface area (Å²) in [6.45, 7) is 0. The van der Waals surface area contributed by atoms with E-state index in [1.165, 1.54) is 6.07 Å². The van der Waals surface area contributed by atoms with Gasteiger partial charge in [-0.15, -0.1) is 0 Å². The van der Waals surface area contributed by atoms with Gasteiger partial charge in [0.05, 0.1) is 21.5 Å². The zero-order valence-electron chi connectivity index (χ0n) is 10.3. The first kappa shape index (κ1) is 15.1. The second kappa shape index (κ2) is 5.97. The number of carboxylic acid groups (broad SMARTS) is 1. The quantitative estimate of drug-likeness (QED) is 0.841. The molecular weight excluding hydrogens is 308 g/mol. The van der Waals surface area contributed by atoms with Crippen LogP contribution in [0.4, 0.5) is 4.39 Å². The number of aliphatic carboxylic acids is 1. The fraction of sp³-hybridized carbons (Fsp3) is 0.385. The third kappa shape index (κ3) is 3.22. The molecule has 0 bridgehead atoms. The molecule has 0 aliphatic heterocycles. The number of amides is 1. The molecule has 0 unspecified atom stereocenters. The molecule has 4 nitrogen and oxygen atoms in total. The van der Waals surface area contributed by atoms with Crippen molar-refractivity contribution >= 4 is 35.1 Å². The van der Waals surface area contributed by atoms with Crippen LogP contribution in [0.5, 0.6) is 0 Å². The van der Waals surface area contributed by atoms with Gasteiger partial charge in [-0.25, -0.2) is 4.39 Å². The van der Waals surface area contributed by atoms with Gasteiger partial charge in [0.15, 0.2) is 0 Å². The van der Waals surface area contributed by atoms with E-state index < -0.39 is 23.6 Å². The Morgan fingerprint density at radius 1 is 1.25 bits per heavy atom. The lowest BCUT2D eigenvalue weighted by Crippen LogP contribution is -2.33. The fourth-order valence-corrected chi connectivity index (χ4v) is 2.77. The predicted octanol–water partition coefficient (Wildman–Crippen LogP) is 3.12. The molecule has 1 aromatic rings. The summed E-state index contributed by atoms with van der Waals surface area (Å²) in [7, 11) is 0. The molecule has 108 valence electrons. The molecule has 0 aromatic heterocycles. The highest BCUT2D eigenvalue weighted by molar-refractivity contribution is 6.36. The number of hydrogen-bond donors (Lipinski definition) is 2. The van der Waals surface area contributed by atoms with E-state index in [1.807, 2.05) is 0 Å². The van der Waals surface area contributed by atoms with Crippen molar-refractivity contribution in [3.63, 3.8) is 0 Å². The molecule has 1 amide bonds. The standard InChI is InChI=1S/C13H12Cl2FNO3/c14-9-5-10(15)11(16)4-8(9)12(18)17-7-2-1-6(3-7)13(19)20/h4-7H,1-3H2,(H,17,18)(H,19,20)/t6-,7+/m0/s1. The van der Waals surface area contributed by atoms with Crippen molar-refractivity contribution < 1.29 is 19.1 Å². The molecular formula is C13H12Cl2FNO3. The van der Waals surface area contributed by atoms with Gasteiger partial charge < -0.3 is 10.4 Å². The number of carbonyl (C=O) groups excluding carboxylic acids is 1. The highest BCUT2D eigenvalue weighted by Crippen LogP contribution is 2.27. The number of carbonyl (C=O) groups is 2. The highest BCUT2D eigenvalue weighted by atomic mass is 35.5. The summed E-state index contributed by atoms with van der Waals surface area (Å²) in [5.41, 5.74) is -0.00709. The van der Waals surface area contributed by atoms with E-state index in [1.54, 1.807) is 0 Å². The predicted molar refractivity (Wildman–Crippen MR) is 72.7 cm³/mol. The monoisotopic (exact) mass is 319 g/mol. The van der Waals surface area contributed by atoms with Crippen molar-refractivity contribution in [2.45, 2.75) is 25.3 Å². The molecule has 0 radical (unpaired) electrons. The Hall–Kier alpha value is -1.33. The van der Waals surface area contributed by atoms with Gasteiger partial charge >= 0.3 is 5.97 Å². The third-order valence-corrected chi connectivity index (χ3v) is 3.97. The SMILES string of the molecule is O=C(N[C@@H]1CC[C@H](C(=O)O)C1)c1cc(F)c(Cl)cc1Cl. The second-order valence-corrected chi connectivity index (χ2v) is 5.58. The van der Waals surface area contributed by atoms with Crippen LogP contribution in [0.1, 0.15) is 29.6 Å². The molecule has 1 aromatic carbocycles. The van der Waals surface area contributed by atoms with Crippen LogP contribution in [0.25, 0.3) is 0 Å². The normalized spacial score (nSPS) is 21.8. The lowest BCUT2D eigenvalue weighted by Gasteiger charge is -2.13. The van der Waals surface area contributed by atoms with Crippen molar-refractivity contribution in [2.75, 3.05) is 0 Å². The Morgan fingerprint density at radius 3 is 2.55 bits per heavy atom. The smallest absolute Gasteiger partial charge is 0.306 e. The summed E-state index contributed by atoms with van der Waals surface area (Å²) in [5.74, 6) is -2.56. The number of benzene rings is 1. The van der Waals surface area contributed by atoms with Crippen LogP contribution in [-0.2, 0) is 4.79 Å². The molecule has 2 N–H and O–H groups in total. The van der Waals surface area contributed by atoms with E-state index >= 15 is 0 Å². The minimum absolute atomic E-state index is 0.00709. The molecule has 7 heteroatoms. The van der Waals surface area contributed by atoms with Gasteiger partial charge in [-0.3, -0.25) is 9.59 Å². The fourth-order valence-electron chi connectivity index (χ4n) is 2.30. The van der Waals surface area contributed by atoms with Gasteiger partial charge in [0.2, 0.25) is 0 Å². The van der Waals surface area contributed by atoms with Crippen molar-refractivity contribution in [1.29, 1.82) is 0 Å².